The number of likely N-dealkylation sites (N-methyl/N-ethyl adjacent to an activating group) is 1. The van der Waals surface area contributed by atoms with Crippen LogP contribution in [0.1, 0.15) is 43.4 Å². The second kappa shape index (κ2) is 4.81. The van der Waals surface area contributed by atoms with Crippen molar-refractivity contribution in [1.29, 1.82) is 0 Å². The van der Waals surface area contributed by atoms with Crippen molar-refractivity contribution in [3.05, 3.63) is 34.9 Å². The summed E-state index contributed by atoms with van der Waals surface area (Å²) in [6.45, 7) is 11.2. The molecule has 1 fully saturated rings. The van der Waals surface area contributed by atoms with E-state index < -0.39 is 0 Å². The van der Waals surface area contributed by atoms with Crippen LogP contribution in [0, 0.1) is 19.8 Å². The Kier molecular flexibility index (Phi) is 3.58. The van der Waals surface area contributed by atoms with Crippen LogP contribution in [0.4, 0.5) is 0 Å². The zero-order chi connectivity index (χ0) is 12.5. The van der Waals surface area contributed by atoms with Crippen LogP contribution in [-0.4, -0.2) is 13.1 Å². The highest BCUT2D eigenvalue weighted by Crippen LogP contribution is 2.48. The van der Waals surface area contributed by atoms with E-state index >= 15 is 0 Å². The lowest BCUT2D eigenvalue weighted by atomic mass is 9.57. The van der Waals surface area contributed by atoms with Gasteiger partial charge in [0.2, 0.25) is 0 Å². The molecule has 17 heavy (non-hydrogen) atoms. The molecule has 2 rings (SSSR count). The minimum Gasteiger partial charge on any atom is -0.316 e. The molecule has 0 radical (unpaired) electrons. The number of rotatable bonds is 4. The van der Waals surface area contributed by atoms with Gasteiger partial charge in [-0.25, -0.2) is 0 Å². The number of benzene rings is 1. The van der Waals surface area contributed by atoms with E-state index in [0.717, 1.165) is 19.0 Å². The summed E-state index contributed by atoms with van der Waals surface area (Å²) in [5, 5.41) is 3.56. The van der Waals surface area contributed by atoms with Crippen molar-refractivity contribution in [2.75, 3.05) is 13.1 Å². The minimum atomic E-state index is 0.396. The molecule has 94 valence electrons. The van der Waals surface area contributed by atoms with Crippen LogP contribution >= 0.6 is 0 Å². The molecule has 0 aliphatic heterocycles. The first-order valence-electron chi connectivity index (χ1n) is 6.88. The number of hydrogen-bond donors (Lipinski definition) is 1. The molecule has 1 heteroatoms. The molecule has 2 unspecified atom stereocenters. The average molecular weight is 231 g/mol. The van der Waals surface area contributed by atoms with Gasteiger partial charge in [-0.05, 0) is 44.7 Å². The van der Waals surface area contributed by atoms with E-state index in [4.69, 9.17) is 0 Å². The average Bonchev–Trinajstić information content (AvgIpc) is 2.27. The second-order valence-corrected chi connectivity index (χ2v) is 5.75. The summed E-state index contributed by atoms with van der Waals surface area (Å²) in [5.74, 6) is 0.808. The highest BCUT2D eigenvalue weighted by molar-refractivity contribution is 5.37. The Morgan fingerprint density at radius 3 is 2.29 bits per heavy atom. The molecule has 1 aliphatic rings. The third kappa shape index (κ3) is 2.26. The fraction of sp³-hybridized carbons (Fsp3) is 0.625. The molecular weight excluding hydrogens is 206 g/mol. The van der Waals surface area contributed by atoms with Crippen molar-refractivity contribution in [1.82, 2.24) is 5.32 Å². The van der Waals surface area contributed by atoms with Gasteiger partial charge >= 0.3 is 0 Å². The highest BCUT2D eigenvalue weighted by Gasteiger charge is 2.44. The van der Waals surface area contributed by atoms with Crippen molar-refractivity contribution in [3.8, 4) is 0 Å². The molecule has 1 saturated carbocycles. The molecular formula is C16H25N. The van der Waals surface area contributed by atoms with Crippen LogP contribution in [0.5, 0.6) is 0 Å². The summed E-state index contributed by atoms with van der Waals surface area (Å²) in [6.07, 6.45) is 2.71. The topological polar surface area (TPSA) is 12.0 Å². The Balaban J connectivity index is 2.32. The first-order chi connectivity index (χ1) is 8.08. The largest absolute Gasteiger partial charge is 0.316 e. The van der Waals surface area contributed by atoms with Crippen molar-refractivity contribution in [3.63, 3.8) is 0 Å². The zero-order valence-corrected chi connectivity index (χ0v) is 11.6. The van der Waals surface area contributed by atoms with E-state index in [1.807, 2.05) is 0 Å². The standard InChI is InChI=1S/C16H25N/c1-5-17-11-16(7-6-14(16)4)15-9-12(2)8-13(3)10-15/h8-10,14,17H,5-7,11H2,1-4H3. The number of nitrogens with one attached hydrogen (secondary N) is 1. The summed E-state index contributed by atoms with van der Waals surface area (Å²) in [5.41, 5.74) is 4.74. The normalized spacial score (nSPS) is 27.9. The number of hydrogen-bond acceptors (Lipinski definition) is 1. The molecule has 1 aromatic rings. The first kappa shape index (κ1) is 12.6. The molecule has 0 aromatic heterocycles. The van der Waals surface area contributed by atoms with Crippen molar-refractivity contribution >= 4 is 0 Å². The lowest BCUT2D eigenvalue weighted by Crippen LogP contribution is -2.50. The van der Waals surface area contributed by atoms with Crippen LogP contribution in [0.3, 0.4) is 0 Å². The van der Waals surface area contributed by atoms with Crippen LogP contribution in [0.2, 0.25) is 0 Å². The van der Waals surface area contributed by atoms with Crippen molar-refractivity contribution in [2.45, 2.75) is 46.0 Å². The van der Waals surface area contributed by atoms with Gasteiger partial charge in [-0.2, -0.15) is 0 Å². The second-order valence-electron chi connectivity index (χ2n) is 5.75. The van der Waals surface area contributed by atoms with E-state index in [1.54, 1.807) is 5.56 Å². The maximum Gasteiger partial charge on any atom is 0.0104 e. The lowest BCUT2D eigenvalue weighted by molar-refractivity contribution is 0.135. The molecule has 0 saturated heterocycles. The van der Waals surface area contributed by atoms with E-state index in [1.165, 1.54) is 24.0 Å². The molecule has 1 N–H and O–H groups in total. The van der Waals surface area contributed by atoms with Crippen LogP contribution in [-0.2, 0) is 5.41 Å². The molecule has 1 aromatic carbocycles. The molecule has 1 nitrogen and oxygen atoms in total. The van der Waals surface area contributed by atoms with Crippen LogP contribution < -0.4 is 5.32 Å². The monoisotopic (exact) mass is 231 g/mol. The molecule has 0 spiro atoms. The van der Waals surface area contributed by atoms with E-state index in [9.17, 15) is 0 Å². The fourth-order valence-corrected chi connectivity index (χ4v) is 3.19. The smallest absolute Gasteiger partial charge is 0.0104 e. The maximum atomic E-state index is 3.56. The Morgan fingerprint density at radius 1 is 1.24 bits per heavy atom. The van der Waals surface area contributed by atoms with Gasteiger partial charge < -0.3 is 5.32 Å². The lowest BCUT2D eigenvalue weighted by Gasteiger charge is -2.49. The predicted octanol–water partition coefficient (Wildman–Crippen LogP) is 3.58. The quantitative estimate of drug-likeness (QED) is 0.835. The maximum absolute atomic E-state index is 3.56. The van der Waals surface area contributed by atoms with Gasteiger partial charge in [0.1, 0.15) is 0 Å². The van der Waals surface area contributed by atoms with Gasteiger partial charge in [-0.3, -0.25) is 0 Å². The predicted molar refractivity (Wildman–Crippen MR) is 74.5 cm³/mol. The molecule has 0 bridgehead atoms. The summed E-state index contributed by atoms with van der Waals surface area (Å²) < 4.78 is 0. The van der Waals surface area contributed by atoms with Gasteiger partial charge in [0.15, 0.2) is 0 Å². The van der Waals surface area contributed by atoms with Gasteiger partial charge in [0.25, 0.3) is 0 Å². The Hall–Kier alpha value is -0.820. The van der Waals surface area contributed by atoms with Gasteiger partial charge in [-0.1, -0.05) is 43.2 Å². The number of aryl methyl sites for hydroxylation is 2. The Bertz CT molecular complexity index is 376. The summed E-state index contributed by atoms with van der Waals surface area (Å²) in [6, 6.07) is 7.05. The van der Waals surface area contributed by atoms with Gasteiger partial charge in [0, 0.05) is 12.0 Å². The van der Waals surface area contributed by atoms with Crippen LogP contribution in [0.15, 0.2) is 18.2 Å². The molecule has 1 aliphatic carbocycles. The van der Waals surface area contributed by atoms with Gasteiger partial charge in [-0.15, -0.1) is 0 Å². The summed E-state index contributed by atoms with van der Waals surface area (Å²) in [4.78, 5) is 0. The minimum absolute atomic E-state index is 0.396. The highest BCUT2D eigenvalue weighted by atomic mass is 14.9. The van der Waals surface area contributed by atoms with Crippen molar-refractivity contribution in [2.24, 2.45) is 5.92 Å². The summed E-state index contributed by atoms with van der Waals surface area (Å²) in [7, 11) is 0. The molecule has 0 amide bonds. The van der Waals surface area contributed by atoms with E-state index in [0.29, 0.717) is 5.41 Å². The van der Waals surface area contributed by atoms with E-state index in [2.05, 4.69) is 51.2 Å². The van der Waals surface area contributed by atoms with E-state index in [-0.39, 0.29) is 0 Å². The summed E-state index contributed by atoms with van der Waals surface area (Å²) >= 11 is 0. The Morgan fingerprint density at radius 2 is 1.88 bits per heavy atom. The fourth-order valence-electron chi connectivity index (χ4n) is 3.19. The molecule has 0 heterocycles. The SMILES string of the molecule is CCNCC1(c2cc(C)cc(C)c2)CCC1C. The van der Waals surface area contributed by atoms with Crippen LogP contribution in [0.25, 0.3) is 0 Å². The third-order valence-electron chi connectivity index (χ3n) is 4.45. The zero-order valence-electron chi connectivity index (χ0n) is 11.6. The third-order valence-corrected chi connectivity index (χ3v) is 4.45. The molecule has 2 atom stereocenters. The Labute approximate surface area is 106 Å². The van der Waals surface area contributed by atoms with Crippen molar-refractivity contribution < 1.29 is 0 Å². The first-order valence-corrected chi connectivity index (χ1v) is 6.88. The van der Waals surface area contributed by atoms with Gasteiger partial charge in [0.05, 0.1) is 0 Å².